The highest BCUT2D eigenvalue weighted by molar-refractivity contribution is 5.91. The lowest BCUT2D eigenvalue weighted by Crippen LogP contribution is -2.38. The van der Waals surface area contributed by atoms with Crippen molar-refractivity contribution in [1.29, 1.82) is 0 Å². The van der Waals surface area contributed by atoms with Gasteiger partial charge in [0.15, 0.2) is 17.4 Å². The number of likely N-dealkylation sites (tertiary alicyclic amines) is 1. The molecule has 3 rings (SSSR count). The van der Waals surface area contributed by atoms with E-state index in [1.54, 1.807) is 0 Å². The first kappa shape index (κ1) is 18.3. The highest BCUT2D eigenvalue weighted by atomic mass is 19.3. The molecule has 1 heterocycles. The molecule has 6 nitrogen and oxygen atoms in total. The third kappa shape index (κ3) is 3.15. The average Bonchev–Trinajstić information content (AvgIpc) is 3.09. The van der Waals surface area contributed by atoms with Gasteiger partial charge in [-0.05, 0) is 18.8 Å². The second kappa shape index (κ2) is 6.65. The molecule has 1 saturated carbocycles. The third-order valence-corrected chi connectivity index (χ3v) is 5.06. The zero-order valence-electron chi connectivity index (χ0n) is 13.5. The molecule has 2 N–H and O–H groups in total. The fourth-order valence-corrected chi connectivity index (χ4v) is 3.80. The van der Waals surface area contributed by atoms with E-state index < -0.39 is 47.1 Å². The van der Waals surface area contributed by atoms with Gasteiger partial charge in [0.2, 0.25) is 0 Å². The lowest BCUT2D eigenvalue weighted by molar-refractivity contribution is -0.149. The first-order valence-corrected chi connectivity index (χ1v) is 7.96. The smallest absolute Gasteiger partial charge is 0.387 e. The molecule has 1 aliphatic heterocycles. The van der Waals surface area contributed by atoms with Gasteiger partial charge in [-0.1, -0.05) is 6.42 Å². The van der Waals surface area contributed by atoms with Crippen LogP contribution in [0.3, 0.4) is 0 Å². The third-order valence-electron chi connectivity index (χ3n) is 5.06. The Labute approximate surface area is 145 Å². The maximum atomic E-state index is 13.9. The van der Waals surface area contributed by atoms with Crippen LogP contribution < -0.4 is 10.1 Å². The van der Waals surface area contributed by atoms with Gasteiger partial charge in [-0.2, -0.15) is 8.78 Å². The number of benzene rings is 1. The van der Waals surface area contributed by atoms with Crippen LogP contribution in [0, 0.1) is 23.0 Å². The molecular weight excluding hydrogens is 360 g/mol. The molecule has 1 aromatic carbocycles. The maximum Gasteiger partial charge on any atom is 0.387 e. The summed E-state index contributed by atoms with van der Waals surface area (Å²) in [6.45, 7) is -3.13. The van der Waals surface area contributed by atoms with E-state index in [0.717, 1.165) is 6.42 Å². The topological polar surface area (TPSA) is 78.9 Å². The summed E-state index contributed by atoms with van der Waals surface area (Å²) >= 11 is 0. The molecule has 2 aliphatic rings. The molecule has 0 unspecified atom stereocenters. The van der Waals surface area contributed by atoms with Gasteiger partial charge in [-0.25, -0.2) is 13.6 Å². The summed E-state index contributed by atoms with van der Waals surface area (Å²) in [5, 5.41) is 11.7. The van der Waals surface area contributed by atoms with Crippen molar-refractivity contribution in [2.45, 2.75) is 25.9 Å². The van der Waals surface area contributed by atoms with Crippen molar-refractivity contribution < 1.29 is 37.0 Å². The molecule has 0 spiro atoms. The lowest BCUT2D eigenvalue weighted by Gasteiger charge is -2.23. The number of alkyl halides is 2. The number of aliphatic carboxylic acids is 1. The van der Waals surface area contributed by atoms with Crippen molar-refractivity contribution >= 4 is 17.7 Å². The van der Waals surface area contributed by atoms with E-state index in [9.17, 15) is 32.3 Å². The summed E-state index contributed by atoms with van der Waals surface area (Å²) in [6, 6.07) is 0.171. The van der Waals surface area contributed by atoms with Crippen LogP contribution in [0.5, 0.6) is 5.75 Å². The number of amides is 2. The van der Waals surface area contributed by atoms with Crippen molar-refractivity contribution in [3.8, 4) is 5.75 Å². The van der Waals surface area contributed by atoms with E-state index in [1.165, 1.54) is 4.90 Å². The van der Waals surface area contributed by atoms with Crippen LogP contribution in [0.25, 0.3) is 0 Å². The Kier molecular flexibility index (Phi) is 4.68. The Balaban J connectivity index is 1.73. The zero-order chi connectivity index (χ0) is 19.1. The summed E-state index contributed by atoms with van der Waals surface area (Å²) in [7, 11) is 0. The van der Waals surface area contributed by atoms with Crippen molar-refractivity contribution in [3.05, 3.63) is 23.8 Å². The molecule has 2 fully saturated rings. The first-order valence-electron chi connectivity index (χ1n) is 7.96. The summed E-state index contributed by atoms with van der Waals surface area (Å²) < 4.78 is 55.7. The van der Waals surface area contributed by atoms with Crippen LogP contribution in [-0.4, -0.2) is 41.7 Å². The molecule has 26 heavy (non-hydrogen) atoms. The van der Waals surface area contributed by atoms with E-state index in [-0.39, 0.29) is 19.0 Å². The van der Waals surface area contributed by atoms with E-state index in [4.69, 9.17) is 0 Å². The summed E-state index contributed by atoms with van der Waals surface area (Å²) in [5.74, 6) is -4.55. The molecule has 0 bridgehead atoms. The lowest BCUT2D eigenvalue weighted by atomic mass is 9.81. The number of hydrogen-bond donors (Lipinski definition) is 2. The monoisotopic (exact) mass is 376 g/mol. The molecule has 10 heteroatoms. The minimum Gasteiger partial charge on any atom is -0.481 e. The largest absolute Gasteiger partial charge is 0.481 e. The molecule has 1 aromatic rings. The standard InChI is InChI=1S/C16H16F4N2O4/c17-9-5-12(26-14(19)20)10(18)4-11(9)21-15(25)22-6-8-2-1-3-16(8,7-22)13(23)24/h4-5,8,14H,1-3,6-7H2,(H,21,25)(H,23,24)/t8-,16+/m0/s1. The van der Waals surface area contributed by atoms with E-state index in [2.05, 4.69) is 10.1 Å². The highest BCUT2D eigenvalue weighted by Gasteiger charge is 2.55. The molecule has 2 amide bonds. The number of carboxylic acid groups (broad SMARTS) is 1. The highest BCUT2D eigenvalue weighted by Crippen LogP contribution is 2.49. The Hall–Kier alpha value is -2.52. The summed E-state index contributed by atoms with van der Waals surface area (Å²) in [6.07, 6.45) is 1.90. The molecule has 1 saturated heterocycles. The molecular formula is C16H16F4N2O4. The van der Waals surface area contributed by atoms with E-state index >= 15 is 0 Å². The fraction of sp³-hybridized carbons (Fsp3) is 0.500. The number of ether oxygens (including phenoxy) is 1. The van der Waals surface area contributed by atoms with Crippen LogP contribution in [0.4, 0.5) is 28.0 Å². The normalized spacial score (nSPS) is 24.7. The fourth-order valence-electron chi connectivity index (χ4n) is 3.80. The second-order valence-electron chi connectivity index (χ2n) is 6.50. The maximum absolute atomic E-state index is 13.9. The van der Waals surface area contributed by atoms with Crippen LogP contribution in [0.15, 0.2) is 12.1 Å². The number of hydrogen-bond acceptors (Lipinski definition) is 3. The predicted octanol–water partition coefficient (Wildman–Crippen LogP) is 3.28. The van der Waals surface area contributed by atoms with Crippen molar-refractivity contribution in [2.75, 3.05) is 18.4 Å². The Morgan fingerprint density at radius 3 is 2.65 bits per heavy atom. The number of rotatable bonds is 4. The second-order valence-corrected chi connectivity index (χ2v) is 6.50. The Bertz CT molecular complexity index is 745. The van der Waals surface area contributed by atoms with Gasteiger partial charge < -0.3 is 20.1 Å². The molecule has 1 aliphatic carbocycles. The van der Waals surface area contributed by atoms with Crippen LogP contribution >= 0.6 is 0 Å². The minimum absolute atomic E-state index is 0.0183. The zero-order valence-corrected chi connectivity index (χ0v) is 13.5. The van der Waals surface area contributed by atoms with Crippen molar-refractivity contribution in [2.24, 2.45) is 11.3 Å². The quantitative estimate of drug-likeness (QED) is 0.791. The van der Waals surface area contributed by atoms with Crippen LogP contribution in [-0.2, 0) is 4.79 Å². The van der Waals surface area contributed by atoms with Crippen molar-refractivity contribution in [1.82, 2.24) is 4.90 Å². The number of nitrogens with zero attached hydrogens (tertiary/aromatic N) is 1. The number of carbonyl (C=O) groups excluding carboxylic acids is 1. The number of halogens is 4. The number of fused-ring (bicyclic) bond motifs is 1. The first-order chi connectivity index (χ1) is 12.2. The van der Waals surface area contributed by atoms with Gasteiger partial charge in [-0.15, -0.1) is 0 Å². The van der Waals surface area contributed by atoms with Crippen LogP contribution in [0.2, 0.25) is 0 Å². The van der Waals surface area contributed by atoms with Gasteiger partial charge in [0.25, 0.3) is 0 Å². The van der Waals surface area contributed by atoms with Gasteiger partial charge in [-0.3, -0.25) is 4.79 Å². The van der Waals surface area contributed by atoms with Gasteiger partial charge in [0.05, 0.1) is 11.1 Å². The Morgan fingerprint density at radius 1 is 1.31 bits per heavy atom. The number of anilines is 1. The predicted molar refractivity (Wildman–Crippen MR) is 81.0 cm³/mol. The minimum atomic E-state index is -3.32. The van der Waals surface area contributed by atoms with E-state index in [1.807, 2.05) is 0 Å². The van der Waals surface area contributed by atoms with Gasteiger partial charge >= 0.3 is 18.6 Å². The number of urea groups is 1. The average molecular weight is 376 g/mol. The SMILES string of the molecule is O=C(Nc1cc(F)c(OC(F)F)cc1F)N1C[C@@H]2CCC[C@@]2(C(=O)O)C1. The molecule has 0 aromatic heterocycles. The van der Waals surface area contributed by atoms with E-state index in [0.29, 0.717) is 25.0 Å². The van der Waals surface area contributed by atoms with Crippen LogP contribution in [0.1, 0.15) is 19.3 Å². The molecule has 2 atom stereocenters. The molecule has 0 radical (unpaired) electrons. The summed E-state index contributed by atoms with van der Waals surface area (Å²) in [5.41, 5.74) is -1.55. The number of carbonyl (C=O) groups is 2. The summed E-state index contributed by atoms with van der Waals surface area (Å²) in [4.78, 5) is 25.2. The molecule has 142 valence electrons. The number of carboxylic acids is 1. The van der Waals surface area contributed by atoms with Crippen molar-refractivity contribution in [3.63, 3.8) is 0 Å². The number of nitrogens with one attached hydrogen (secondary N) is 1. The van der Waals surface area contributed by atoms with Gasteiger partial charge in [0, 0.05) is 25.2 Å². The Morgan fingerprint density at radius 2 is 2.04 bits per heavy atom. The van der Waals surface area contributed by atoms with Gasteiger partial charge in [0.1, 0.15) is 0 Å².